The SMILES string of the molecule is COc1ccc(C23CC4CC(CC(C(=O)OCC(=O)NC(C)(C)C)(C4)C2)C3)c(F)c1. The van der Waals surface area contributed by atoms with E-state index in [1.807, 2.05) is 26.8 Å². The van der Waals surface area contributed by atoms with E-state index in [1.165, 1.54) is 13.2 Å². The van der Waals surface area contributed by atoms with Gasteiger partial charge >= 0.3 is 5.97 Å². The molecule has 1 amide bonds. The van der Waals surface area contributed by atoms with Crippen LogP contribution in [-0.2, 0) is 19.7 Å². The summed E-state index contributed by atoms with van der Waals surface area (Å²) < 4.78 is 25.7. The first kappa shape index (κ1) is 21.1. The Kier molecular flexibility index (Phi) is 5.10. The van der Waals surface area contributed by atoms with Crippen molar-refractivity contribution in [3.63, 3.8) is 0 Å². The maximum atomic E-state index is 15.0. The van der Waals surface area contributed by atoms with Gasteiger partial charge in [-0.2, -0.15) is 0 Å². The zero-order valence-corrected chi connectivity index (χ0v) is 18.3. The topological polar surface area (TPSA) is 64.6 Å². The Morgan fingerprint density at radius 3 is 2.40 bits per heavy atom. The zero-order valence-electron chi connectivity index (χ0n) is 18.3. The first-order valence-electron chi connectivity index (χ1n) is 10.9. The Bertz CT molecular complexity index is 845. The van der Waals surface area contributed by atoms with Crippen LogP contribution in [0, 0.1) is 23.1 Å². The Morgan fingerprint density at radius 2 is 1.83 bits per heavy atom. The fraction of sp³-hybridized carbons (Fsp3) is 0.667. The van der Waals surface area contributed by atoms with Gasteiger partial charge in [0.15, 0.2) is 6.61 Å². The molecule has 5 rings (SSSR count). The molecule has 4 fully saturated rings. The van der Waals surface area contributed by atoms with Crippen LogP contribution in [0.4, 0.5) is 4.39 Å². The summed E-state index contributed by atoms with van der Waals surface area (Å²) in [5, 5.41) is 2.82. The molecule has 1 aromatic rings. The minimum Gasteiger partial charge on any atom is -0.497 e. The summed E-state index contributed by atoms with van der Waals surface area (Å²) in [7, 11) is 1.53. The standard InChI is InChI=1S/C24H32FNO4/c1-22(2,3)26-20(27)13-30-21(28)24-11-15-7-16(12-24)10-23(9-15,14-24)18-6-5-17(29-4)8-19(18)25/h5-6,8,15-16H,7,9-14H2,1-4H3,(H,26,27). The molecule has 164 valence electrons. The Balaban J connectivity index is 1.55. The number of halogens is 1. The van der Waals surface area contributed by atoms with Gasteiger partial charge in [-0.3, -0.25) is 9.59 Å². The molecular formula is C24H32FNO4. The number of benzene rings is 1. The van der Waals surface area contributed by atoms with Crippen molar-refractivity contribution < 1.29 is 23.5 Å². The molecule has 0 aliphatic heterocycles. The summed E-state index contributed by atoms with van der Waals surface area (Å²) in [6.45, 7) is 5.40. The molecule has 5 nitrogen and oxygen atoms in total. The van der Waals surface area contributed by atoms with Crippen molar-refractivity contribution >= 4 is 11.9 Å². The van der Waals surface area contributed by atoms with Crippen LogP contribution in [0.5, 0.6) is 5.75 Å². The minimum atomic E-state index is -0.613. The van der Waals surface area contributed by atoms with Gasteiger partial charge in [0.2, 0.25) is 0 Å². The fourth-order valence-electron chi connectivity index (χ4n) is 6.61. The first-order chi connectivity index (χ1) is 14.0. The van der Waals surface area contributed by atoms with E-state index in [4.69, 9.17) is 9.47 Å². The van der Waals surface area contributed by atoms with E-state index in [1.54, 1.807) is 6.07 Å². The molecule has 4 aliphatic carbocycles. The molecule has 1 aromatic carbocycles. The second-order valence-electron chi connectivity index (χ2n) is 10.7. The predicted octanol–water partition coefficient (Wildman–Crippen LogP) is 4.13. The number of carbonyl (C=O) groups is 2. The van der Waals surface area contributed by atoms with Gasteiger partial charge in [0.05, 0.1) is 12.5 Å². The van der Waals surface area contributed by atoms with E-state index in [9.17, 15) is 9.59 Å². The molecule has 2 atom stereocenters. The molecule has 0 radical (unpaired) electrons. The van der Waals surface area contributed by atoms with Crippen molar-refractivity contribution in [2.75, 3.05) is 13.7 Å². The maximum absolute atomic E-state index is 15.0. The fourth-order valence-corrected chi connectivity index (χ4v) is 6.61. The molecule has 1 N–H and O–H groups in total. The van der Waals surface area contributed by atoms with Gasteiger partial charge in [0, 0.05) is 11.6 Å². The monoisotopic (exact) mass is 417 g/mol. The zero-order chi connectivity index (χ0) is 21.7. The number of rotatable bonds is 5. The molecule has 2 unspecified atom stereocenters. The van der Waals surface area contributed by atoms with Crippen LogP contribution in [0.25, 0.3) is 0 Å². The summed E-state index contributed by atoms with van der Waals surface area (Å²) in [4.78, 5) is 25.3. The number of methoxy groups -OCH3 is 1. The van der Waals surface area contributed by atoms with Crippen molar-refractivity contribution in [1.29, 1.82) is 0 Å². The van der Waals surface area contributed by atoms with Crippen LogP contribution < -0.4 is 10.1 Å². The van der Waals surface area contributed by atoms with E-state index >= 15 is 4.39 Å². The number of nitrogens with one attached hydrogen (secondary N) is 1. The molecule has 4 saturated carbocycles. The van der Waals surface area contributed by atoms with E-state index in [-0.39, 0.29) is 35.3 Å². The average Bonchev–Trinajstić information content (AvgIpc) is 2.63. The second kappa shape index (κ2) is 7.24. The third kappa shape index (κ3) is 3.81. The number of carbonyl (C=O) groups excluding carboxylic acids is 2. The highest BCUT2D eigenvalue weighted by Gasteiger charge is 2.62. The Morgan fingerprint density at radius 1 is 1.17 bits per heavy atom. The highest BCUT2D eigenvalue weighted by molar-refractivity contribution is 5.83. The molecule has 4 bridgehead atoms. The Labute approximate surface area is 177 Å². The lowest BCUT2D eigenvalue weighted by molar-refractivity contribution is -0.175. The van der Waals surface area contributed by atoms with Crippen LogP contribution in [0.15, 0.2) is 18.2 Å². The maximum Gasteiger partial charge on any atom is 0.312 e. The van der Waals surface area contributed by atoms with Crippen LogP contribution in [0.1, 0.15) is 64.9 Å². The van der Waals surface area contributed by atoms with Crippen molar-refractivity contribution in [2.45, 2.75) is 70.3 Å². The molecule has 4 aliphatic rings. The van der Waals surface area contributed by atoms with Gasteiger partial charge in [-0.1, -0.05) is 6.07 Å². The number of amides is 1. The molecule has 0 spiro atoms. The summed E-state index contributed by atoms with van der Waals surface area (Å²) in [5.41, 5.74) is -0.633. The van der Waals surface area contributed by atoms with E-state index < -0.39 is 5.41 Å². The molecule has 0 heterocycles. The lowest BCUT2D eigenvalue weighted by atomic mass is 9.43. The number of esters is 1. The average molecular weight is 418 g/mol. The summed E-state index contributed by atoms with van der Waals surface area (Å²) in [6.07, 6.45) is 5.07. The smallest absolute Gasteiger partial charge is 0.312 e. The van der Waals surface area contributed by atoms with E-state index in [0.29, 0.717) is 29.6 Å². The quantitative estimate of drug-likeness (QED) is 0.732. The largest absolute Gasteiger partial charge is 0.497 e. The van der Waals surface area contributed by atoms with Crippen LogP contribution in [-0.4, -0.2) is 31.1 Å². The van der Waals surface area contributed by atoms with E-state index in [2.05, 4.69) is 5.32 Å². The second-order valence-corrected chi connectivity index (χ2v) is 10.7. The van der Waals surface area contributed by atoms with E-state index in [0.717, 1.165) is 32.1 Å². The van der Waals surface area contributed by atoms with Crippen molar-refractivity contribution in [1.82, 2.24) is 5.32 Å². The molecule has 0 saturated heterocycles. The summed E-state index contributed by atoms with van der Waals surface area (Å²) >= 11 is 0. The highest BCUT2D eigenvalue weighted by Crippen LogP contribution is 2.66. The first-order valence-corrected chi connectivity index (χ1v) is 10.9. The highest BCUT2D eigenvalue weighted by atomic mass is 19.1. The van der Waals surface area contributed by atoms with Crippen LogP contribution in [0.2, 0.25) is 0 Å². The van der Waals surface area contributed by atoms with Crippen LogP contribution in [0.3, 0.4) is 0 Å². The van der Waals surface area contributed by atoms with Gasteiger partial charge in [0.1, 0.15) is 11.6 Å². The van der Waals surface area contributed by atoms with Gasteiger partial charge in [-0.25, -0.2) is 4.39 Å². The van der Waals surface area contributed by atoms with Crippen molar-refractivity contribution in [3.05, 3.63) is 29.6 Å². The Hall–Kier alpha value is -2.11. The number of hydrogen-bond acceptors (Lipinski definition) is 4. The van der Waals surface area contributed by atoms with Gasteiger partial charge in [0.25, 0.3) is 5.91 Å². The molecule has 0 aromatic heterocycles. The van der Waals surface area contributed by atoms with Gasteiger partial charge < -0.3 is 14.8 Å². The molecule has 30 heavy (non-hydrogen) atoms. The third-order valence-electron chi connectivity index (χ3n) is 7.09. The molecular weight excluding hydrogens is 385 g/mol. The molecule has 6 heteroatoms. The van der Waals surface area contributed by atoms with Crippen LogP contribution >= 0.6 is 0 Å². The third-order valence-corrected chi connectivity index (χ3v) is 7.09. The summed E-state index contributed by atoms with van der Waals surface area (Å²) in [6, 6.07) is 5.08. The lowest BCUT2D eigenvalue weighted by Crippen LogP contribution is -2.57. The minimum absolute atomic E-state index is 0.260. The van der Waals surface area contributed by atoms with Gasteiger partial charge in [-0.05, 0) is 88.2 Å². The number of hydrogen-bond donors (Lipinski definition) is 1. The lowest BCUT2D eigenvalue weighted by Gasteiger charge is -2.61. The normalized spacial score (nSPS) is 32.0. The van der Waals surface area contributed by atoms with Crippen molar-refractivity contribution in [3.8, 4) is 5.75 Å². The van der Waals surface area contributed by atoms with Gasteiger partial charge in [-0.15, -0.1) is 0 Å². The number of ether oxygens (including phenoxy) is 2. The van der Waals surface area contributed by atoms with Crippen molar-refractivity contribution in [2.24, 2.45) is 17.3 Å². The predicted molar refractivity (Wildman–Crippen MR) is 111 cm³/mol. The summed E-state index contributed by atoms with van der Waals surface area (Å²) in [5.74, 6) is 0.437.